The van der Waals surface area contributed by atoms with Crippen molar-refractivity contribution in [3.05, 3.63) is 48.7 Å². The fourth-order valence-corrected chi connectivity index (χ4v) is 0.924. The van der Waals surface area contributed by atoms with Gasteiger partial charge < -0.3 is 0 Å². The van der Waals surface area contributed by atoms with Gasteiger partial charge in [0.15, 0.2) is 0 Å². The second kappa shape index (κ2) is 3.13. The molecule has 0 amide bonds. The maximum atomic E-state index is 7.64. The van der Waals surface area contributed by atoms with Gasteiger partial charge in [-0.05, 0) is 24.2 Å². The highest BCUT2D eigenvalue weighted by molar-refractivity contribution is 5.52. The van der Waals surface area contributed by atoms with E-state index >= 15 is 0 Å². The lowest BCUT2D eigenvalue weighted by Gasteiger charge is -1.96. The third-order valence-corrected chi connectivity index (χ3v) is 1.46. The summed E-state index contributed by atoms with van der Waals surface area (Å²) in [4.78, 5) is 8.12. The summed E-state index contributed by atoms with van der Waals surface area (Å²) < 4.78 is 15.1. The summed E-state index contributed by atoms with van der Waals surface area (Å²) in [6.07, 6.45) is 3.16. The van der Waals surface area contributed by atoms with Gasteiger partial charge in [-0.3, -0.25) is 9.97 Å². The molecule has 0 atom stereocenters. The van der Waals surface area contributed by atoms with Crippen LogP contribution in [0, 0.1) is 0 Å². The predicted molar refractivity (Wildman–Crippen MR) is 47.5 cm³/mol. The lowest BCUT2D eigenvalue weighted by molar-refractivity contribution is 1.25. The van der Waals surface area contributed by atoms with Gasteiger partial charge in [0, 0.05) is 12.4 Å². The van der Waals surface area contributed by atoms with Gasteiger partial charge in [-0.15, -0.1) is 0 Å². The van der Waals surface area contributed by atoms with Crippen LogP contribution in [-0.4, -0.2) is 9.97 Å². The zero-order valence-electron chi connectivity index (χ0n) is 8.36. The van der Waals surface area contributed by atoms with Gasteiger partial charge in [0.25, 0.3) is 0 Å². The van der Waals surface area contributed by atoms with E-state index in [1.54, 1.807) is 18.3 Å². The van der Waals surface area contributed by atoms with Crippen LogP contribution in [0.5, 0.6) is 0 Å². The quantitative estimate of drug-likeness (QED) is 0.635. The number of hydrogen-bond donors (Lipinski definition) is 0. The predicted octanol–water partition coefficient (Wildman–Crippen LogP) is 2.14. The molecular weight excluding hydrogens is 148 g/mol. The zero-order valence-corrected chi connectivity index (χ0v) is 6.36. The van der Waals surface area contributed by atoms with Gasteiger partial charge in [0.2, 0.25) is 0 Å². The second-order valence-corrected chi connectivity index (χ2v) is 2.28. The number of aromatic nitrogens is 2. The minimum atomic E-state index is 0.117. The molecule has 0 aliphatic rings. The van der Waals surface area contributed by atoms with Crippen LogP contribution in [0.15, 0.2) is 48.7 Å². The molecule has 12 heavy (non-hydrogen) atoms. The molecule has 2 nitrogen and oxygen atoms in total. The Hall–Kier alpha value is -1.70. The number of pyridine rings is 2. The fraction of sp³-hybridized carbons (Fsp3) is 0. The Kier molecular flexibility index (Phi) is 1.31. The molecule has 2 aromatic rings. The highest BCUT2D eigenvalue weighted by Gasteiger charge is 1.95. The molecule has 0 fully saturated rings. The maximum Gasteiger partial charge on any atom is 0.0886 e. The third kappa shape index (κ3) is 1.32. The van der Waals surface area contributed by atoms with Crippen molar-refractivity contribution in [3.8, 4) is 11.4 Å². The van der Waals surface area contributed by atoms with Gasteiger partial charge in [0.05, 0.1) is 14.1 Å². The van der Waals surface area contributed by atoms with E-state index in [0.717, 1.165) is 0 Å². The summed E-state index contributed by atoms with van der Waals surface area (Å²) >= 11 is 0. The van der Waals surface area contributed by atoms with Gasteiger partial charge in [-0.2, -0.15) is 0 Å². The Labute approximate surface area is 73.7 Å². The van der Waals surface area contributed by atoms with Gasteiger partial charge >= 0.3 is 0 Å². The Bertz CT molecular complexity index is 443. The van der Waals surface area contributed by atoms with Crippen LogP contribution >= 0.6 is 0 Å². The maximum absolute atomic E-state index is 7.64. The lowest BCUT2D eigenvalue weighted by Crippen LogP contribution is -1.83. The first-order chi connectivity index (χ1) is 6.79. The van der Waals surface area contributed by atoms with Crippen molar-refractivity contribution in [2.75, 3.05) is 0 Å². The summed E-state index contributed by atoms with van der Waals surface area (Å²) in [5.41, 5.74) is 1.09. The first kappa shape index (κ1) is 5.04. The van der Waals surface area contributed by atoms with E-state index in [1.807, 2.05) is 6.07 Å². The zero-order chi connectivity index (χ0) is 9.97. The number of rotatable bonds is 1. The molecule has 0 saturated heterocycles. The molecule has 0 N–H and O–H groups in total. The molecule has 0 spiro atoms. The first-order valence-corrected chi connectivity index (χ1v) is 3.62. The van der Waals surface area contributed by atoms with Crippen molar-refractivity contribution in [1.82, 2.24) is 9.97 Å². The molecule has 0 aliphatic heterocycles. The Morgan fingerprint density at radius 3 is 2.67 bits per heavy atom. The van der Waals surface area contributed by atoms with Crippen molar-refractivity contribution in [2.45, 2.75) is 0 Å². The number of hydrogen-bond acceptors (Lipinski definition) is 2. The standard InChI is InChI=1S/C10H8N2/c1-3-7-11-9(5-1)10-6-2-4-8-12-10/h1-8H/i1D,5D. The molecule has 2 aromatic heterocycles. The third-order valence-electron chi connectivity index (χ3n) is 1.46. The summed E-state index contributed by atoms with van der Waals surface area (Å²) in [6.45, 7) is 0. The van der Waals surface area contributed by atoms with Crippen LogP contribution < -0.4 is 0 Å². The van der Waals surface area contributed by atoms with Crippen LogP contribution in [0.3, 0.4) is 0 Å². The fourth-order valence-electron chi connectivity index (χ4n) is 0.924. The van der Waals surface area contributed by atoms with Crippen LogP contribution in [0.25, 0.3) is 11.4 Å². The molecule has 0 radical (unpaired) electrons. The summed E-state index contributed by atoms with van der Waals surface area (Å²) in [6, 6.07) is 7.19. The largest absolute Gasteiger partial charge is 0.255 e. The molecule has 0 saturated carbocycles. The van der Waals surface area contributed by atoms with E-state index in [-0.39, 0.29) is 12.1 Å². The molecular formula is C10H8N2. The van der Waals surface area contributed by atoms with Gasteiger partial charge in [-0.1, -0.05) is 12.1 Å². The van der Waals surface area contributed by atoms with E-state index < -0.39 is 0 Å². The van der Waals surface area contributed by atoms with Crippen LogP contribution in [0.2, 0.25) is 0 Å². The van der Waals surface area contributed by atoms with E-state index in [4.69, 9.17) is 2.74 Å². The summed E-state index contributed by atoms with van der Waals surface area (Å²) in [5.74, 6) is 0. The second-order valence-electron chi connectivity index (χ2n) is 2.28. The molecule has 58 valence electrons. The minimum Gasteiger partial charge on any atom is -0.255 e. The summed E-state index contributed by atoms with van der Waals surface area (Å²) in [7, 11) is 0. The van der Waals surface area contributed by atoms with E-state index in [1.165, 1.54) is 12.3 Å². The SMILES string of the molecule is [2H]c1ccnc(-c2ccccn2)c1[2H]. The Balaban J connectivity index is 2.58. The molecule has 2 heteroatoms. The summed E-state index contributed by atoms with van der Waals surface area (Å²) in [5, 5.41) is 0. The molecule has 2 rings (SSSR count). The smallest absolute Gasteiger partial charge is 0.0886 e. The number of nitrogens with zero attached hydrogens (tertiary/aromatic N) is 2. The molecule has 0 aliphatic carbocycles. The average Bonchev–Trinajstić information content (AvgIpc) is 2.23. The Morgan fingerprint density at radius 2 is 1.83 bits per heavy atom. The van der Waals surface area contributed by atoms with E-state index in [2.05, 4.69) is 9.97 Å². The van der Waals surface area contributed by atoms with E-state index in [0.29, 0.717) is 11.4 Å². The van der Waals surface area contributed by atoms with Crippen molar-refractivity contribution >= 4 is 0 Å². The molecule has 0 unspecified atom stereocenters. The minimum absolute atomic E-state index is 0.117. The first-order valence-electron chi connectivity index (χ1n) is 4.62. The topological polar surface area (TPSA) is 25.8 Å². The van der Waals surface area contributed by atoms with E-state index in [9.17, 15) is 0 Å². The van der Waals surface area contributed by atoms with Gasteiger partial charge in [0.1, 0.15) is 0 Å². The van der Waals surface area contributed by atoms with Crippen LogP contribution in [0.1, 0.15) is 2.74 Å². The van der Waals surface area contributed by atoms with Crippen LogP contribution in [0.4, 0.5) is 0 Å². The van der Waals surface area contributed by atoms with Crippen molar-refractivity contribution in [3.63, 3.8) is 0 Å². The normalized spacial score (nSPS) is 12.0. The monoisotopic (exact) mass is 158 g/mol. The average molecular weight is 158 g/mol. The molecule has 0 aromatic carbocycles. The molecule has 0 bridgehead atoms. The van der Waals surface area contributed by atoms with Crippen molar-refractivity contribution in [2.24, 2.45) is 0 Å². The highest BCUT2D eigenvalue weighted by Crippen LogP contribution is 2.10. The molecule has 2 heterocycles. The van der Waals surface area contributed by atoms with Crippen molar-refractivity contribution in [1.29, 1.82) is 0 Å². The lowest BCUT2D eigenvalue weighted by atomic mass is 10.2. The van der Waals surface area contributed by atoms with Crippen molar-refractivity contribution < 1.29 is 2.74 Å². The Morgan fingerprint density at radius 1 is 1.00 bits per heavy atom. The highest BCUT2D eigenvalue weighted by atomic mass is 14.7. The van der Waals surface area contributed by atoms with Crippen LogP contribution in [-0.2, 0) is 0 Å². The van der Waals surface area contributed by atoms with Gasteiger partial charge in [-0.25, -0.2) is 0 Å².